The van der Waals surface area contributed by atoms with E-state index in [2.05, 4.69) is 50.3 Å². The van der Waals surface area contributed by atoms with Crippen LogP contribution >= 0.6 is 27.5 Å². The molecule has 0 radical (unpaired) electrons. The van der Waals surface area contributed by atoms with E-state index in [-0.39, 0.29) is 0 Å². The van der Waals surface area contributed by atoms with Crippen LogP contribution in [-0.2, 0) is 12.4 Å². The minimum atomic E-state index is 0.449. The molecule has 0 saturated carbocycles. The maximum Gasteiger partial charge on any atom is 0.124 e. The standard InChI is InChI=1S/C14H19BrClN3/c1-3-18(4-2)7-8-19-13-9-11(15)5-6-12(13)17-14(19)10-16/h5-6,9H,3-4,7-8,10H2,1-2H3. The Bertz CT molecular complexity index is 549. The van der Waals surface area contributed by atoms with Gasteiger partial charge in [0.05, 0.1) is 16.9 Å². The third-order valence-electron chi connectivity index (χ3n) is 3.44. The molecule has 2 rings (SSSR count). The molecular formula is C14H19BrClN3. The van der Waals surface area contributed by atoms with E-state index in [4.69, 9.17) is 11.6 Å². The zero-order valence-electron chi connectivity index (χ0n) is 11.4. The quantitative estimate of drug-likeness (QED) is 0.742. The fourth-order valence-corrected chi connectivity index (χ4v) is 2.83. The highest BCUT2D eigenvalue weighted by molar-refractivity contribution is 9.10. The molecule has 19 heavy (non-hydrogen) atoms. The van der Waals surface area contributed by atoms with Gasteiger partial charge in [-0.3, -0.25) is 0 Å². The first kappa shape index (κ1) is 14.8. The van der Waals surface area contributed by atoms with Crippen LogP contribution < -0.4 is 0 Å². The van der Waals surface area contributed by atoms with Gasteiger partial charge in [-0.05, 0) is 31.3 Å². The molecule has 0 spiro atoms. The van der Waals surface area contributed by atoms with Crippen LogP contribution in [0, 0.1) is 0 Å². The van der Waals surface area contributed by atoms with Gasteiger partial charge in [-0.25, -0.2) is 4.98 Å². The zero-order valence-corrected chi connectivity index (χ0v) is 13.7. The van der Waals surface area contributed by atoms with E-state index < -0.39 is 0 Å². The topological polar surface area (TPSA) is 21.1 Å². The number of likely N-dealkylation sites (N-methyl/N-ethyl adjacent to an activating group) is 1. The van der Waals surface area contributed by atoms with Crippen LogP contribution in [0.2, 0.25) is 0 Å². The highest BCUT2D eigenvalue weighted by Crippen LogP contribution is 2.22. The molecule has 1 heterocycles. The first-order chi connectivity index (χ1) is 9.19. The van der Waals surface area contributed by atoms with E-state index in [9.17, 15) is 0 Å². The third kappa shape index (κ3) is 3.30. The highest BCUT2D eigenvalue weighted by atomic mass is 79.9. The molecule has 0 N–H and O–H groups in total. The number of hydrogen-bond donors (Lipinski definition) is 0. The number of rotatable bonds is 6. The maximum absolute atomic E-state index is 6.02. The van der Waals surface area contributed by atoms with E-state index in [0.29, 0.717) is 5.88 Å². The fourth-order valence-electron chi connectivity index (χ4n) is 2.28. The van der Waals surface area contributed by atoms with E-state index in [1.807, 2.05) is 12.1 Å². The Morgan fingerprint density at radius 2 is 2.05 bits per heavy atom. The number of nitrogens with zero attached hydrogens (tertiary/aromatic N) is 3. The summed E-state index contributed by atoms with van der Waals surface area (Å²) in [6, 6.07) is 6.16. The number of alkyl halides is 1. The van der Waals surface area contributed by atoms with Crippen molar-refractivity contribution >= 4 is 38.6 Å². The van der Waals surface area contributed by atoms with Crippen LogP contribution in [0.5, 0.6) is 0 Å². The predicted molar refractivity (Wildman–Crippen MR) is 84.8 cm³/mol. The Morgan fingerprint density at radius 3 is 2.68 bits per heavy atom. The third-order valence-corrected chi connectivity index (χ3v) is 4.18. The molecule has 1 aromatic heterocycles. The largest absolute Gasteiger partial charge is 0.326 e. The summed E-state index contributed by atoms with van der Waals surface area (Å²) < 4.78 is 3.30. The second-order valence-electron chi connectivity index (χ2n) is 4.47. The van der Waals surface area contributed by atoms with E-state index >= 15 is 0 Å². The second-order valence-corrected chi connectivity index (χ2v) is 5.66. The van der Waals surface area contributed by atoms with Gasteiger partial charge in [0.1, 0.15) is 5.82 Å². The van der Waals surface area contributed by atoms with Crippen molar-refractivity contribution in [3.63, 3.8) is 0 Å². The molecule has 1 aromatic carbocycles. The Morgan fingerprint density at radius 1 is 1.32 bits per heavy atom. The summed E-state index contributed by atoms with van der Waals surface area (Å²) in [5.74, 6) is 1.40. The summed E-state index contributed by atoms with van der Waals surface area (Å²) in [7, 11) is 0. The number of aromatic nitrogens is 2. The summed E-state index contributed by atoms with van der Waals surface area (Å²) in [6.45, 7) is 8.47. The van der Waals surface area contributed by atoms with Gasteiger partial charge in [0.25, 0.3) is 0 Å². The lowest BCUT2D eigenvalue weighted by Gasteiger charge is -2.19. The first-order valence-corrected chi connectivity index (χ1v) is 7.95. The summed E-state index contributed by atoms with van der Waals surface area (Å²) >= 11 is 9.54. The molecule has 5 heteroatoms. The minimum Gasteiger partial charge on any atom is -0.326 e. The van der Waals surface area contributed by atoms with Crippen LogP contribution in [0.4, 0.5) is 0 Å². The first-order valence-electron chi connectivity index (χ1n) is 6.62. The average Bonchev–Trinajstić information content (AvgIpc) is 2.77. The summed E-state index contributed by atoms with van der Waals surface area (Å²) in [6.07, 6.45) is 0. The van der Waals surface area contributed by atoms with Crippen molar-refractivity contribution in [2.24, 2.45) is 0 Å². The smallest absolute Gasteiger partial charge is 0.124 e. The molecule has 0 aliphatic carbocycles. The molecule has 0 fully saturated rings. The molecule has 0 saturated heterocycles. The van der Waals surface area contributed by atoms with Crippen LogP contribution in [0.3, 0.4) is 0 Å². The summed E-state index contributed by atoms with van der Waals surface area (Å²) in [5.41, 5.74) is 2.16. The van der Waals surface area contributed by atoms with Crippen molar-refractivity contribution in [1.82, 2.24) is 14.5 Å². The molecular weight excluding hydrogens is 326 g/mol. The molecule has 0 aliphatic heterocycles. The van der Waals surface area contributed by atoms with E-state index in [0.717, 1.165) is 47.5 Å². The van der Waals surface area contributed by atoms with Crippen molar-refractivity contribution in [1.29, 1.82) is 0 Å². The van der Waals surface area contributed by atoms with Crippen LogP contribution in [0.1, 0.15) is 19.7 Å². The Kier molecular flexibility index (Phi) is 5.25. The van der Waals surface area contributed by atoms with Gasteiger partial charge in [-0.15, -0.1) is 11.6 Å². The van der Waals surface area contributed by atoms with Crippen LogP contribution in [0.25, 0.3) is 11.0 Å². The monoisotopic (exact) mass is 343 g/mol. The SMILES string of the molecule is CCN(CC)CCn1c(CCl)nc2ccc(Br)cc21. The number of hydrogen-bond acceptors (Lipinski definition) is 2. The Hall–Kier alpha value is -0.580. The minimum absolute atomic E-state index is 0.449. The predicted octanol–water partition coefficient (Wildman–Crippen LogP) is 3.88. The number of fused-ring (bicyclic) bond motifs is 1. The van der Waals surface area contributed by atoms with Crippen molar-refractivity contribution in [3.05, 3.63) is 28.5 Å². The van der Waals surface area contributed by atoms with E-state index in [1.54, 1.807) is 0 Å². The summed E-state index contributed by atoms with van der Waals surface area (Å²) in [5, 5.41) is 0. The van der Waals surface area contributed by atoms with Crippen molar-refractivity contribution in [3.8, 4) is 0 Å². The van der Waals surface area contributed by atoms with Crippen molar-refractivity contribution in [2.45, 2.75) is 26.3 Å². The van der Waals surface area contributed by atoms with Crippen LogP contribution in [0.15, 0.2) is 22.7 Å². The molecule has 0 amide bonds. The average molecular weight is 345 g/mol. The molecule has 3 nitrogen and oxygen atoms in total. The number of benzene rings is 1. The van der Waals surface area contributed by atoms with Gasteiger partial charge in [-0.1, -0.05) is 29.8 Å². The van der Waals surface area contributed by atoms with Gasteiger partial charge in [0, 0.05) is 17.6 Å². The van der Waals surface area contributed by atoms with Gasteiger partial charge < -0.3 is 9.47 Å². The lowest BCUT2D eigenvalue weighted by molar-refractivity contribution is 0.291. The van der Waals surface area contributed by atoms with Crippen molar-refractivity contribution in [2.75, 3.05) is 19.6 Å². The molecule has 0 atom stereocenters. The van der Waals surface area contributed by atoms with Gasteiger partial charge in [-0.2, -0.15) is 0 Å². The number of imidazole rings is 1. The zero-order chi connectivity index (χ0) is 13.8. The fraction of sp³-hybridized carbons (Fsp3) is 0.500. The Labute approximate surface area is 127 Å². The van der Waals surface area contributed by atoms with E-state index in [1.165, 1.54) is 0 Å². The molecule has 0 aliphatic rings. The highest BCUT2D eigenvalue weighted by Gasteiger charge is 2.11. The molecule has 0 unspecified atom stereocenters. The molecule has 104 valence electrons. The second kappa shape index (κ2) is 6.73. The van der Waals surface area contributed by atoms with Gasteiger partial charge in [0.2, 0.25) is 0 Å². The summed E-state index contributed by atoms with van der Waals surface area (Å²) in [4.78, 5) is 7.00. The lowest BCUT2D eigenvalue weighted by Crippen LogP contribution is -2.27. The van der Waals surface area contributed by atoms with Crippen molar-refractivity contribution < 1.29 is 0 Å². The maximum atomic E-state index is 6.02. The molecule has 0 bridgehead atoms. The Balaban J connectivity index is 2.31. The normalized spacial score (nSPS) is 11.6. The van der Waals surface area contributed by atoms with Gasteiger partial charge >= 0.3 is 0 Å². The van der Waals surface area contributed by atoms with Gasteiger partial charge in [0.15, 0.2) is 0 Å². The van der Waals surface area contributed by atoms with Crippen LogP contribution in [-0.4, -0.2) is 34.1 Å². The number of halogens is 2. The lowest BCUT2D eigenvalue weighted by atomic mass is 10.3. The molecule has 2 aromatic rings.